The Morgan fingerprint density at radius 3 is 2.84 bits per heavy atom. The van der Waals surface area contributed by atoms with E-state index in [-0.39, 0.29) is 29.9 Å². The number of nitrogens with zero attached hydrogens (tertiary/aromatic N) is 1. The molecule has 19 heavy (non-hydrogen) atoms. The molecule has 1 rings (SSSR count). The lowest BCUT2D eigenvalue weighted by Gasteiger charge is -2.10. The van der Waals surface area contributed by atoms with E-state index in [4.69, 9.17) is 0 Å². The molecule has 7 heteroatoms. The highest BCUT2D eigenvalue weighted by atomic mass is 127. The quantitative estimate of drug-likeness (QED) is 0.334. The third-order valence-electron chi connectivity index (χ3n) is 2.17. The van der Waals surface area contributed by atoms with Crippen LogP contribution in [0.5, 0.6) is 0 Å². The van der Waals surface area contributed by atoms with Crippen molar-refractivity contribution in [3.8, 4) is 0 Å². The fourth-order valence-corrected chi connectivity index (χ4v) is 1.91. The minimum Gasteiger partial charge on any atom is -0.469 e. The van der Waals surface area contributed by atoms with Gasteiger partial charge in [-0.1, -0.05) is 6.07 Å². The summed E-state index contributed by atoms with van der Waals surface area (Å²) in [5, 5.41) is 8.25. The molecule has 0 aromatic carbocycles. The Balaban J connectivity index is 0.00000324. The molecule has 0 saturated heterocycles. The number of ether oxygens (including phenoxy) is 1. The van der Waals surface area contributed by atoms with E-state index in [0.29, 0.717) is 19.5 Å². The van der Waals surface area contributed by atoms with Crippen molar-refractivity contribution in [2.75, 3.05) is 20.2 Å². The minimum absolute atomic E-state index is 0. The van der Waals surface area contributed by atoms with Crippen LogP contribution >= 0.6 is 35.3 Å². The SMILES string of the molecule is CCNC(=NCc1cccs1)NCCC(=O)OC.I. The number of esters is 1. The van der Waals surface area contributed by atoms with Crippen LogP contribution in [0.2, 0.25) is 0 Å². The predicted molar refractivity (Wildman–Crippen MR) is 89.2 cm³/mol. The molecular weight excluding hydrogens is 377 g/mol. The van der Waals surface area contributed by atoms with Crippen LogP contribution in [-0.4, -0.2) is 32.1 Å². The molecule has 0 aliphatic heterocycles. The lowest BCUT2D eigenvalue weighted by Crippen LogP contribution is -2.38. The molecule has 0 aliphatic rings. The summed E-state index contributed by atoms with van der Waals surface area (Å²) in [6.07, 6.45) is 0.333. The van der Waals surface area contributed by atoms with Crippen LogP contribution in [0.4, 0.5) is 0 Å². The first-order chi connectivity index (χ1) is 8.76. The number of nitrogens with one attached hydrogen (secondary N) is 2. The molecule has 0 saturated carbocycles. The second kappa shape index (κ2) is 11.0. The molecule has 0 fully saturated rings. The summed E-state index contributed by atoms with van der Waals surface area (Å²) in [4.78, 5) is 16.6. The van der Waals surface area contributed by atoms with Crippen molar-refractivity contribution in [1.82, 2.24) is 10.6 Å². The van der Waals surface area contributed by atoms with Crippen molar-refractivity contribution in [3.63, 3.8) is 0 Å². The van der Waals surface area contributed by atoms with Gasteiger partial charge in [0.15, 0.2) is 5.96 Å². The maximum Gasteiger partial charge on any atom is 0.307 e. The van der Waals surface area contributed by atoms with Gasteiger partial charge in [-0.15, -0.1) is 35.3 Å². The Bertz CT molecular complexity index is 382. The van der Waals surface area contributed by atoms with E-state index in [2.05, 4.69) is 20.4 Å². The zero-order valence-corrected chi connectivity index (χ0v) is 14.3. The standard InChI is InChI=1S/C12H19N3O2S.HI/c1-3-13-12(14-7-6-11(16)17-2)15-9-10-5-4-8-18-10;/h4-5,8H,3,6-7,9H2,1-2H3,(H2,13,14,15);1H. The van der Waals surface area contributed by atoms with Crippen molar-refractivity contribution < 1.29 is 9.53 Å². The first kappa shape index (κ1) is 18.2. The van der Waals surface area contributed by atoms with Gasteiger partial charge in [0.25, 0.3) is 0 Å². The lowest BCUT2D eigenvalue weighted by molar-refractivity contribution is -0.140. The largest absolute Gasteiger partial charge is 0.469 e. The van der Waals surface area contributed by atoms with Gasteiger partial charge in [0.1, 0.15) is 0 Å². The Morgan fingerprint density at radius 2 is 2.26 bits per heavy atom. The van der Waals surface area contributed by atoms with Crippen LogP contribution in [-0.2, 0) is 16.1 Å². The van der Waals surface area contributed by atoms with Gasteiger partial charge in [-0.3, -0.25) is 4.79 Å². The molecule has 5 nitrogen and oxygen atoms in total. The van der Waals surface area contributed by atoms with Crippen LogP contribution in [0.1, 0.15) is 18.2 Å². The van der Waals surface area contributed by atoms with Gasteiger partial charge in [-0.2, -0.15) is 0 Å². The van der Waals surface area contributed by atoms with Crippen LogP contribution in [0.15, 0.2) is 22.5 Å². The normalized spacial score (nSPS) is 10.5. The van der Waals surface area contributed by atoms with E-state index in [1.165, 1.54) is 12.0 Å². The number of aliphatic imine (C=N–C) groups is 1. The number of rotatable bonds is 6. The average Bonchev–Trinajstić information content (AvgIpc) is 2.88. The van der Waals surface area contributed by atoms with Crippen molar-refractivity contribution >= 4 is 47.2 Å². The summed E-state index contributed by atoms with van der Waals surface area (Å²) < 4.78 is 4.57. The average molecular weight is 397 g/mol. The van der Waals surface area contributed by atoms with E-state index in [0.717, 1.165) is 12.5 Å². The van der Waals surface area contributed by atoms with Crippen molar-refractivity contribution in [1.29, 1.82) is 0 Å². The molecule has 1 heterocycles. The van der Waals surface area contributed by atoms with E-state index < -0.39 is 0 Å². The number of thiophene rings is 1. The maximum atomic E-state index is 11.0. The molecular formula is C12H20IN3O2S. The molecule has 0 unspecified atom stereocenters. The molecule has 0 radical (unpaired) electrons. The lowest BCUT2D eigenvalue weighted by atomic mass is 10.4. The van der Waals surface area contributed by atoms with Crippen LogP contribution in [0.25, 0.3) is 0 Å². The summed E-state index contributed by atoms with van der Waals surface area (Å²) in [5.74, 6) is 0.492. The number of hydrogen-bond acceptors (Lipinski definition) is 4. The first-order valence-electron chi connectivity index (χ1n) is 5.87. The number of carbonyl (C=O) groups is 1. The van der Waals surface area contributed by atoms with Gasteiger partial charge >= 0.3 is 5.97 Å². The molecule has 0 aliphatic carbocycles. The van der Waals surface area contributed by atoms with Crippen LogP contribution < -0.4 is 10.6 Å². The van der Waals surface area contributed by atoms with Crippen LogP contribution in [0.3, 0.4) is 0 Å². The third kappa shape index (κ3) is 8.04. The summed E-state index contributed by atoms with van der Waals surface area (Å²) in [6, 6.07) is 4.05. The maximum absolute atomic E-state index is 11.0. The number of hydrogen-bond donors (Lipinski definition) is 2. The fraction of sp³-hybridized carbons (Fsp3) is 0.500. The Hall–Kier alpha value is -0.830. The second-order valence-corrected chi connectivity index (χ2v) is 4.56. The zero-order valence-electron chi connectivity index (χ0n) is 11.1. The summed E-state index contributed by atoms with van der Waals surface area (Å²) in [6.45, 7) is 3.95. The highest BCUT2D eigenvalue weighted by Gasteiger charge is 2.01. The molecule has 0 bridgehead atoms. The summed E-state index contributed by atoms with van der Waals surface area (Å²) >= 11 is 1.68. The Labute approximate surface area is 134 Å². The smallest absolute Gasteiger partial charge is 0.307 e. The minimum atomic E-state index is -0.225. The summed E-state index contributed by atoms with van der Waals surface area (Å²) in [5.41, 5.74) is 0. The molecule has 0 atom stereocenters. The van der Waals surface area contributed by atoms with Gasteiger partial charge in [-0.05, 0) is 18.4 Å². The number of guanidine groups is 1. The Kier molecular flexibility index (Phi) is 10.6. The van der Waals surface area contributed by atoms with E-state index in [1.807, 2.05) is 24.4 Å². The van der Waals surface area contributed by atoms with Gasteiger partial charge in [-0.25, -0.2) is 4.99 Å². The first-order valence-corrected chi connectivity index (χ1v) is 6.75. The van der Waals surface area contributed by atoms with Gasteiger partial charge in [0.05, 0.1) is 20.1 Å². The van der Waals surface area contributed by atoms with Gasteiger partial charge < -0.3 is 15.4 Å². The highest BCUT2D eigenvalue weighted by molar-refractivity contribution is 14.0. The third-order valence-corrected chi connectivity index (χ3v) is 3.03. The van der Waals surface area contributed by atoms with Crippen molar-refractivity contribution in [2.24, 2.45) is 4.99 Å². The van der Waals surface area contributed by atoms with E-state index in [9.17, 15) is 4.79 Å². The molecule has 0 amide bonds. The topological polar surface area (TPSA) is 62.7 Å². The number of methoxy groups -OCH3 is 1. The van der Waals surface area contributed by atoms with Gasteiger partial charge in [0, 0.05) is 18.0 Å². The summed E-state index contributed by atoms with van der Waals surface area (Å²) in [7, 11) is 1.39. The molecule has 1 aromatic rings. The number of carbonyl (C=O) groups excluding carboxylic acids is 1. The Morgan fingerprint density at radius 1 is 1.47 bits per heavy atom. The number of halogens is 1. The van der Waals surface area contributed by atoms with Crippen LogP contribution in [0, 0.1) is 0 Å². The second-order valence-electron chi connectivity index (χ2n) is 3.53. The predicted octanol–water partition coefficient (Wildman–Crippen LogP) is 1.98. The zero-order chi connectivity index (χ0) is 13.2. The highest BCUT2D eigenvalue weighted by Crippen LogP contribution is 2.09. The van der Waals surface area contributed by atoms with Crippen molar-refractivity contribution in [3.05, 3.63) is 22.4 Å². The van der Waals surface area contributed by atoms with Gasteiger partial charge in [0.2, 0.25) is 0 Å². The van der Waals surface area contributed by atoms with Crippen molar-refractivity contribution in [2.45, 2.75) is 19.9 Å². The molecule has 0 spiro atoms. The molecule has 2 N–H and O–H groups in total. The van der Waals surface area contributed by atoms with E-state index >= 15 is 0 Å². The fourth-order valence-electron chi connectivity index (χ4n) is 1.29. The molecule has 108 valence electrons. The monoisotopic (exact) mass is 397 g/mol. The molecule has 1 aromatic heterocycles. The van der Waals surface area contributed by atoms with E-state index in [1.54, 1.807) is 11.3 Å².